The minimum Gasteiger partial charge on any atom is -0.481 e. The van der Waals surface area contributed by atoms with Crippen molar-refractivity contribution in [3.8, 4) is 0 Å². The molecular weight excluding hydrogens is 522 g/mol. The van der Waals surface area contributed by atoms with Crippen molar-refractivity contribution in [2.75, 3.05) is 6.54 Å². The fourth-order valence-corrected chi connectivity index (χ4v) is 3.21. The summed E-state index contributed by atoms with van der Waals surface area (Å²) < 4.78 is 0. The lowest BCUT2D eigenvalue weighted by molar-refractivity contribution is -0.144. The maximum Gasteiger partial charge on any atom is 0.326 e. The van der Waals surface area contributed by atoms with Gasteiger partial charge in [0.2, 0.25) is 17.7 Å². The number of aromatic amines is 1. The number of aliphatic imine (C=N–C) groups is 1. The smallest absolute Gasteiger partial charge is 0.326 e. The molecule has 39 heavy (non-hydrogen) atoms. The summed E-state index contributed by atoms with van der Waals surface area (Å²) in [4.78, 5) is 82.2. The number of hydrogen-bond acceptors (Lipinski definition) is 9. The summed E-state index contributed by atoms with van der Waals surface area (Å²) in [5.41, 5.74) is 16.6. The van der Waals surface area contributed by atoms with E-state index in [1.165, 1.54) is 12.5 Å². The molecule has 0 aliphatic rings. The largest absolute Gasteiger partial charge is 0.481 e. The number of nitrogens with zero attached hydrogens (tertiary/aromatic N) is 2. The van der Waals surface area contributed by atoms with Gasteiger partial charge in [-0.2, -0.15) is 0 Å². The van der Waals surface area contributed by atoms with Gasteiger partial charge in [0, 0.05) is 31.3 Å². The van der Waals surface area contributed by atoms with Crippen LogP contribution in [-0.4, -0.2) is 97.6 Å². The summed E-state index contributed by atoms with van der Waals surface area (Å²) >= 11 is 0. The molecule has 216 valence electrons. The molecule has 1 rings (SSSR count). The SMILES string of the molecule is NC(N)=NCCCC(NC(=O)C(N)CCC(=O)O)C(=O)NC(CC(=O)O)C(=O)NC(Cc1cnc[nH]1)C(=O)O. The van der Waals surface area contributed by atoms with E-state index in [2.05, 4.69) is 30.9 Å². The number of carbonyl (C=O) groups excluding carboxylic acids is 3. The van der Waals surface area contributed by atoms with E-state index in [9.17, 15) is 39.0 Å². The Morgan fingerprint density at radius 1 is 0.897 bits per heavy atom. The van der Waals surface area contributed by atoms with E-state index in [0.29, 0.717) is 5.69 Å². The standard InChI is InChI=1S/C21H33N9O9/c22-11(3-4-15(31)32)17(35)28-12(2-1-5-26-21(23)24)18(36)29-13(7-16(33)34)19(37)30-14(20(38)39)6-10-8-25-9-27-10/h8-9,11-14H,1-7,22H2,(H,25,27)(H,28,35)(H,29,36)(H,30,37)(H,31,32)(H,33,34)(H,38,39)(H4,23,24,26). The van der Waals surface area contributed by atoms with Crippen LogP contribution in [0.1, 0.15) is 37.8 Å². The number of guanidine groups is 1. The fraction of sp³-hybridized carbons (Fsp3) is 0.524. The van der Waals surface area contributed by atoms with E-state index in [-0.39, 0.29) is 38.2 Å². The van der Waals surface area contributed by atoms with E-state index in [1.807, 2.05) is 0 Å². The summed E-state index contributed by atoms with van der Waals surface area (Å²) in [5.74, 6) is -7.21. The van der Waals surface area contributed by atoms with Crippen LogP contribution in [0.2, 0.25) is 0 Å². The Balaban J connectivity index is 3.02. The highest BCUT2D eigenvalue weighted by Crippen LogP contribution is 2.05. The third kappa shape index (κ3) is 12.9. The highest BCUT2D eigenvalue weighted by Gasteiger charge is 2.31. The topological polar surface area (TPSA) is 318 Å². The number of carboxylic acids is 3. The van der Waals surface area contributed by atoms with E-state index < -0.39 is 72.6 Å². The Hall–Kier alpha value is -4.74. The zero-order chi connectivity index (χ0) is 29.5. The highest BCUT2D eigenvalue weighted by molar-refractivity contribution is 5.95. The first-order valence-corrected chi connectivity index (χ1v) is 11.7. The molecule has 0 aliphatic carbocycles. The number of hydrogen-bond donors (Lipinski definition) is 10. The molecule has 0 radical (unpaired) electrons. The number of nitrogens with two attached hydrogens (primary N) is 3. The molecule has 18 nitrogen and oxygen atoms in total. The van der Waals surface area contributed by atoms with Crippen molar-refractivity contribution in [2.24, 2.45) is 22.2 Å². The number of aromatic nitrogens is 2. The Labute approximate surface area is 221 Å². The molecule has 4 atom stereocenters. The normalized spacial score (nSPS) is 13.7. The summed E-state index contributed by atoms with van der Waals surface area (Å²) in [7, 11) is 0. The molecular formula is C21H33N9O9. The molecule has 1 heterocycles. The number of imidazole rings is 1. The average Bonchev–Trinajstić information content (AvgIpc) is 3.35. The van der Waals surface area contributed by atoms with Crippen LogP contribution in [0.4, 0.5) is 0 Å². The monoisotopic (exact) mass is 555 g/mol. The van der Waals surface area contributed by atoms with E-state index in [1.54, 1.807) is 0 Å². The van der Waals surface area contributed by atoms with Crippen LogP contribution in [0.5, 0.6) is 0 Å². The quantitative estimate of drug-likeness (QED) is 0.0472. The van der Waals surface area contributed by atoms with Crippen molar-refractivity contribution in [2.45, 2.75) is 62.7 Å². The molecule has 0 spiro atoms. The Morgan fingerprint density at radius 2 is 1.51 bits per heavy atom. The lowest BCUT2D eigenvalue weighted by atomic mass is 10.1. The van der Waals surface area contributed by atoms with Gasteiger partial charge < -0.3 is 53.5 Å². The molecule has 1 aromatic rings. The van der Waals surface area contributed by atoms with Gasteiger partial charge in [0.1, 0.15) is 18.1 Å². The van der Waals surface area contributed by atoms with Gasteiger partial charge in [0.25, 0.3) is 0 Å². The van der Waals surface area contributed by atoms with Gasteiger partial charge in [-0.1, -0.05) is 0 Å². The first-order chi connectivity index (χ1) is 18.3. The Kier molecular flexibility index (Phi) is 13.4. The second-order valence-electron chi connectivity index (χ2n) is 8.39. The van der Waals surface area contributed by atoms with Gasteiger partial charge in [-0.05, 0) is 19.3 Å². The molecule has 0 aromatic carbocycles. The number of rotatable bonds is 18. The van der Waals surface area contributed by atoms with Gasteiger partial charge in [-0.15, -0.1) is 0 Å². The van der Waals surface area contributed by atoms with Crippen molar-refractivity contribution in [1.29, 1.82) is 0 Å². The Bertz CT molecular complexity index is 1040. The van der Waals surface area contributed by atoms with E-state index >= 15 is 0 Å². The zero-order valence-electron chi connectivity index (χ0n) is 20.8. The number of nitrogens with one attached hydrogen (secondary N) is 4. The van der Waals surface area contributed by atoms with Crippen molar-refractivity contribution >= 4 is 41.6 Å². The highest BCUT2D eigenvalue weighted by atomic mass is 16.4. The van der Waals surface area contributed by atoms with Crippen LogP contribution in [0, 0.1) is 0 Å². The van der Waals surface area contributed by atoms with Crippen molar-refractivity contribution in [3.63, 3.8) is 0 Å². The first kappa shape index (κ1) is 32.3. The minimum atomic E-state index is -1.71. The number of carboxylic acid groups (broad SMARTS) is 3. The van der Waals surface area contributed by atoms with Crippen molar-refractivity contribution < 1.29 is 44.1 Å². The van der Waals surface area contributed by atoms with Crippen LogP contribution in [0.3, 0.4) is 0 Å². The molecule has 0 saturated heterocycles. The third-order valence-electron chi connectivity index (χ3n) is 5.19. The predicted octanol–water partition coefficient (Wildman–Crippen LogP) is -3.79. The minimum absolute atomic E-state index is 0.0694. The number of amides is 3. The van der Waals surface area contributed by atoms with E-state index in [0.717, 1.165) is 0 Å². The number of H-pyrrole nitrogens is 1. The third-order valence-corrected chi connectivity index (χ3v) is 5.19. The molecule has 3 amide bonds. The second kappa shape index (κ2) is 16.2. The lowest BCUT2D eigenvalue weighted by Gasteiger charge is -2.24. The van der Waals surface area contributed by atoms with Crippen LogP contribution in [0.15, 0.2) is 17.5 Å². The van der Waals surface area contributed by atoms with Crippen LogP contribution in [-0.2, 0) is 35.2 Å². The van der Waals surface area contributed by atoms with Gasteiger partial charge in [0.05, 0.1) is 18.8 Å². The maximum atomic E-state index is 13.0. The maximum absolute atomic E-state index is 13.0. The fourth-order valence-electron chi connectivity index (χ4n) is 3.21. The van der Waals surface area contributed by atoms with Crippen LogP contribution in [0.25, 0.3) is 0 Å². The molecule has 0 bridgehead atoms. The van der Waals surface area contributed by atoms with Gasteiger partial charge >= 0.3 is 17.9 Å². The molecule has 0 fully saturated rings. The average molecular weight is 556 g/mol. The van der Waals surface area contributed by atoms with E-state index in [4.69, 9.17) is 22.3 Å². The zero-order valence-corrected chi connectivity index (χ0v) is 20.8. The molecule has 0 saturated carbocycles. The molecule has 13 N–H and O–H groups in total. The predicted molar refractivity (Wildman–Crippen MR) is 133 cm³/mol. The summed E-state index contributed by atoms with van der Waals surface area (Å²) in [6, 6.07) is -5.80. The summed E-state index contributed by atoms with van der Waals surface area (Å²) in [6.45, 7) is 0.0694. The summed E-state index contributed by atoms with van der Waals surface area (Å²) in [5, 5.41) is 34.2. The number of carbonyl (C=O) groups is 6. The second-order valence-corrected chi connectivity index (χ2v) is 8.39. The number of aliphatic carboxylic acids is 3. The van der Waals surface area contributed by atoms with Crippen LogP contribution < -0.4 is 33.2 Å². The molecule has 0 aliphatic heterocycles. The lowest BCUT2D eigenvalue weighted by Crippen LogP contribution is -2.57. The molecule has 4 unspecified atom stereocenters. The van der Waals surface area contributed by atoms with Gasteiger partial charge in [-0.25, -0.2) is 9.78 Å². The van der Waals surface area contributed by atoms with Crippen LogP contribution >= 0.6 is 0 Å². The Morgan fingerprint density at radius 3 is 2.05 bits per heavy atom. The van der Waals surface area contributed by atoms with Gasteiger partial charge in [-0.3, -0.25) is 29.0 Å². The first-order valence-electron chi connectivity index (χ1n) is 11.7. The molecule has 18 heteroatoms. The summed E-state index contributed by atoms with van der Waals surface area (Å²) in [6.07, 6.45) is 1.02. The molecule has 1 aromatic heterocycles. The van der Waals surface area contributed by atoms with Crippen molar-refractivity contribution in [1.82, 2.24) is 25.9 Å². The van der Waals surface area contributed by atoms with Crippen molar-refractivity contribution in [3.05, 3.63) is 18.2 Å². The van der Waals surface area contributed by atoms with Gasteiger partial charge in [0.15, 0.2) is 5.96 Å².